The third-order valence-electron chi connectivity index (χ3n) is 5.21. The van der Waals surface area contributed by atoms with Crippen molar-refractivity contribution < 1.29 is 21.2 Å². The van der Waals surface area contributed by atoms with Crippen molar-refractivity contribution in [1.29, 1.82) is 0 Å². The number of hydrogen-bond donors (Lipinski definition) is 0. The summed E-state index contributed by atoms with van der Waals surface area (Å²) in [6.45, 7) is 0. The average Bonchev–Trinajstić information content (AvgIpc) is 2.79. The van der Waals surface area contributed by atoms with Crippen molar-refractivity contribution in [2.45, 2.75) is 9.79 Å². The second-order valence-corrected chi connectivity index (χ2v) is 11.8. The highest BCUT2D eigenvalue weighted by atomic mass is 32.2. The molecule has 0 aliphatic carbocycles. The van der Waals surface area contributed by atoms with Gasteiger partial charge in [0.2, 0.25) is 0 Å². The first kappa shape index (κ1) is 23.5. The number of sulfone groups is 2. The van der Waals surface area contributed by atoms with E-state index in [1.807, 2.05) is 0 Å². The van der Waals surface area contributed by atoms with E-state index in [-0.39, 0.29) is 15.4 Å². The van der Waals surface area contributed by atoms with Crippen molar-refractivity contribution >= 4 is 19.7 Å². The molecule has 0 fully saturated rings. The lowest BCUT2D eigenvalue weighted by Gasteiger charge is -2.13. The van der Waals surface area contributed by atoms with Gasteiger partial charge in [0.25, 0.3) is 5.56 Å². The molecule has 0 saturated carbocycles. The van der Waals surface area contributed by atoms with E-state index >= 15 is 0 Å². The Hall–Kier alpha value is -3.63. The molecule has 0 unspecified atom stereocenters. The van der Waals surface area contributed by atoms with Gasteiger partial charge in [-0.15, -0.1) is 0 Å². The average molecular weight is 499 g/mol. The Balaban J connectivity index is 1.92. The number of nitrogens with zero attached hydrogens (tertiary/aromatic N) is 2. The van der Waals surface area contributed by atoms with Crippen molar-refractivity contribution in [3.05, 3.63) is 95.2 Å². The van der Waals surface area contributed by atoms with Crippen molar-refractivity contribution in [3.8, 4) is 27.9 Å². The minimum absolute atomic E-state index is 0.102. The Morgan fingerprint density at radius 1 is 0.706 bits per heavy atom. The summed E-state index contributed by atoms with van der Waals surface area (Å²) in [6.07, 6.45) is 3.65. The second kappa shape index (κ2) is 8.62. The van der Waals surface area contributed by atoms with Crippen LogP contribution < -0.4 is 5.56 Å². The van der Waals surface area contributed by atoms with Gasteiger partial charge in [0.15, 0.2) is 19.7 Å². The standard InChI is InChI=1S/C24H19FN2O5S2/c1-33(29,30)20-11-5-16(6-12-20)22-15-26-27(19-9-13-21(14-10-19)34(2,31)32)24(28)23(22)17-3-7-18(25)8-4-17/h3-15H,1-2H3. The zero-order valence-corrected chi connectivity index (χ0v) is 19.8. The second-order valence-electron chi connectivity index (χ2n) is 7.72. The van der Waals surface area contributed by atoms with Gasteiger partial charge in [-0.3, -0.25) is 4.79 Å². The van der Waals surface area contributed by atoms with E-state index in [2.05, 4.69) is 5.10 Å². The first-order chi connectivity index (χ1) is 15.9. The quantitative estimate of drug-likeness (QED) is 0.417. The zero-order chi connectivity index (χ0) is 24.7. The molecule has 0 atom stereocenters. The van der Waals surface area contributed by atoms with Crippen molar-refractivity contribution in [3.63, 3.8) is 0 Å². The van der Waals surface area contributed by atoms with Crippen LogP contribution in [-0.2, 0) is 19.7 Å². The normalized spacial score (nSPS) is 12.0. The van der Waals surface area contributed by atoms with Crippen LogP contribution in [0.15, 0.2) is 93.6 Å². The first-order valence-corrected chi connectivity index (χ1v) is 13.7. The largest absolute Gasteiger partial charge is 0.279 e. The van der Waals surface area contributed by atoms with Crippen LogP contribution in [0, 0.1) is 5.82 Å². The van der Waals surface area contributed by atoms with Crippen LogP contribution in [0.1, 0.15) is 0 Å². The summed E-state index contributed by atoms with van der Waals surface area (Å²) in [7, 11) is -6.81. The maximum Gasteiger partial charge on any atom is 0.279 e. The van der Waals surface area contributed by atoms with E-state index in [0.29, 0.717) is 22.4 Å². The van der Waals surface area contributed by atoms with E-state index in [9.17, 15) is 26.0 Å². The highest BCUT2D eigenvalue weighted by Crippen LogP contribution is 2.30. The molecule has 0 spiro atoms. The lowest BCUT2D eigenvalue weighted by atomic mass is 9.97. The maximum absolute atomic E-state index is 13.6. The summed E-state index contributed by atoms with van der Waals surface area (Å²) >= 11 is 0. The molecule has 10 heteroatoms. The highest BCUT2D eigenvalue weighted by Gasteiger charge is 2.18. The lowest BCUT2D eigenvalue weighted by Crippen LogP contribution is -2.23. The monoisotopic (exact) mass is 498 g/mol. The Kier molecular flexibility index (Phi) is 5.96. The molecule has 0 aliphatic rings. The predicted octanol–water partition coefficient (Wildman–Crippen LogP) is 3.51. The molecular weight excluding hydrogens is 479 g/mol. The Morgan fingerprint density at radius 2 is 1.18 bits per heavy atom. The number of hydrogen-bond acceptors (Lipinski definition) is 6. The molecule has 0 saturated heterocycles. The maximum atomic E-state index is 13.6. The van der Waals surface area contributed by atoms with Gasteiger partial charge in [0.1, 0.15) is 5.82 Å². The number of benzene rings is 3. The molecule has 7 nitrogen and oxygen atoms in total. The fourth-order valence-corrected chi connectivity index (χ4v) is 4.73. The third-order valence-corrected chi connectivity index (χ3v) is 7.47. The van der Waals surface area contributed by atoms with Crippen LogP contribution in [0.25, 0.3) is 27.9 Å². The molecule has 1 aromatic heterocycles. The molecule has 174 valence electrons. The van der Waals surface area contributed by atoms with E-state index in [1.165, 1.54) is 66.9 Å². The minimum atomic E-state index is -3.41. The van der Waals surface area contributed by atoms with Crippen LogP contribution in [0.5, 0.6) is 0 Å². The molecule has 0 radical (unpaired) electrons. The summed E-state index contributed by atoms with van der Waals surface area (Å²) in [4.78, 5) is 13.8. The van der Waals surface area contributed by atoms with Gasteiger partial charge in [-0.25, -0.2) is 21.2 Å². The molecular formula is C24H19FN2O5S2. The minimum Gasteiger partial charge on any atom is -0.267 e. The Bertz CT molecular complexity index is 1640. The van der Waals surface area contributed by atoms with Crippen molar-refractivity contribution in [2.24, 2.45) is 0 Å². The molecule has 34 heavy (non-hydrogen) atoms. The summed E-state index contributed by atoms with van der Waals surface area (Å²) in [6, 6.07) is 17.1. The molecule has 3 aromatic carbocycles. The van der Waals surface area contributed by atoms with E-state index in [0.717, 1.165) is 17.2 Å². The van der Waals surface area contributed by atoms with Crippen LogP contribution in [0.3, 0.4) is 0 Å². The molecule has 0 bridgehead atoms. The molecule has 4 rings (SSSR count). The van der Waals surface area contributed by atoms with Crippen LogP contribution in [0.4, 0.5) is 4.39 Å². The van der Waals surface area contributed by atoms with Crippen LogP contribution >= 0.6 is 0 Å². The van der Waals surface area contributed by atoms with Gasteiger partial charge in [-0.2, -0.15) is 9.78 Å². The SMILES string of the molecule is CS(=O)(=O)c1ccc(-c2cnn(-c3ccc(S(C)(=O)=O)cc3)c(=O)c2-c2ccc(F)cc2)cc1. The highest BCUT2D eigenvalue weighted by molar-refractivity contribution is 7.91. The first-order valence-electron chi connectivity index (χ1n) is 9.94. The van der Waals surface area contributed by atoms with Gasteiger partial charge in [-0.05, 0) is 59.7 Å². The lowest BCUT2D eigenvalue weighted by molar-refractivity contribution is 0.600. The predicted molar refractivity (Wildman–Crippen MR) is 127 cm³/mol. The number of rotatable bonds is 5. The van der Waals surface area contributed by atoms with Gasteiger partial charge in [-0.1, -0.05) is 24.3 Å². The summed E-state index contributed by atoms with van der Waals surface area (Å²) in [5, 5.41) is 4.25. The Morgan fingerprint density at radius 3 is 1.68 bits per heavy atom. The Labute approximate surface area is 196 Å². The van der Waals surface area contributed by atoms with Gasteiger partial charge >= 0.3 is 0 Å². The molecule has 1 heterocycles. The van der Waals surface area contributed by atoms with Gasteiger partial charge in [0, 0.05) is 18.1 Å². The van der Waals surface area contributed by atoms with Crippen LogP contribution in [-0.4, -0.2) is 39.1 Å². The van der Waals surface area contributed by atoms with Crippen LogP contribution in [0.2, 0.25) is 0 Å². The molecule has 0 aliphatic heterocycles. The van der Waals surface area contributed by atoms with E-state index in [1.54, 1.807) is 12.1 Å². The van der Waals surface area contributed by atoms with Crippen molar-refractivity contribution in [1.82, 2.24) is 9.78 Å². The fraction of sp³-hybridized carbons (Fsp3) is 0.0833. The smallest absolute Gasteiger partial charge is 0.267 e. The topological polar surface area (TPSA) is 103 Å². The number of aromatic nitrogens is 2. The molecule has 0 amide bonds. The number of halogens is 1. The fourth-order valence-electron chi connectivity index (χ4n) is 3.47. The third kappa shape index (κ3) is 4.68. The van der Waals surface area contributed by atoms with Crippen molar-refractivity contribution in [2.75, 3.05) is 12.5 Å². The summed E-state index contributed by atoms with van der Waals surface area (Å²) in [5.41, 5.74) is 1.49. The molecule has 4 aromatic rings. The van der Waals surface area contributed by atoms with Gasteiger partial charge < -0.3 is 0 Å². The van der Waals surface area contributed by atoms with E-state index in [4.69, 9.17) is 0 Å². The van der Waals surface area contributed by atoms with Gasteiger partial charge in [0.05, 0.1) is 27.2 Å². The summed E-state index contributed by atoms with van der Waals surface area (Å²) in [5.74, 6) is -0.464. The molecule has 0 N–H and O–H groups in total. The van der Waals surface area contributed by atoms with E-state index < -0.39 is 31.1 Å². The summed E-state index contributed by atoms with van der Waals surface area (Å²) < 4.78 is 61.8. The zero-order valence-electron chi connectivity index (χ0n) is 18.1.